The van der Waals surface area contributed by atoms with Crippen LogP contribution in [-0.2, 0) is 9.09 Å². The maximum atomic E-state index is 13.4. The second kappa shape index (κ2) is 5.97. The summed E-state index contributed by atoms with van der Waals surface area (Å²) in [7, 11) is -3.37. The Morgan fingerprint density at radius 2 is 1.95 bits per heavy atom. The monoisotopic (exact) mass is 302 g/mol. The van der Waals surface area contributed by atoms with Crippen LogP contribution in [-0.4, -0.2) is 17.1 Å². The van der Waals surface area contributed by atoms with Gasteiger partial charge in [0.15, 0.2) is 0 Å². The van der Waals surface area contributed by atoms with E-state index in [-0.39, 0.29) is 0 Å². The molecule has 5 heteroatoms. The summed E-state index contributed by atoms with van der Waals surface area (Å²) in [6, 6.07) is 6.95. The van der Waals surface area contributed by atoms with E-state index in [2.05, 4.69) is 0 Å². The van der Waals surface area contributed by atoms with E-state index in [0.717, 1.165) is 19.3 Å². The largest absolute Gasteiger partial charge is 0.379 e. The van der Waals surface area contributed by atoms with Gasteiger partial charge in [-0.2, -0.15) is 0 Å². The Morgan fingerprint density at radius 3 is 2.53 bits per heavy atom. The Kier molecular flexibility index (Phi) is 4.73. The van der Waals surface area contributed by atoms with Crippen LogP contribution in [0, 0.1) is 0 Å². The van der Waals surface area contributed by atoms with Gasteiger partial charge in [-0.1, -0.05) is 30.2 Å². The van der Waals surface area contributed by atoms with Gasteiger partial charge in [-0.05, 0) is 44.7 Å². The molecule has 1 atom stereocenters. The van der Waals surface area contributed by atoms with E-state index in [0.29, 0.717) is 29.8 Å². The minimum absolute atomic E-state index is 0.296. The molecule has 1 aliphatic carbocycles. The first-order valence-electron chi connectivity index (χ1n) is 6.76. The average molecular weight is 303 g/mol. The number of benzene rings is 1. The van der Waals surface area contributed by atoms with Crippen LogP contribution in [0.5, 0.6) is 0 Å². The molecule has 2 rings (SSSR count). The fraction of sp³-hybridized carbons (Fsp3) is 0.571. The zero-order chi connectivity index (χ0) is 13.9. The van der Waals surface area contributed by atoms with E-state index in [1.807, 2.05) is 0 Å². The van der Waals surface area contributed by atoms with Crippen molar-refractivity contribution in [1.29, 1.82) is 0 Å². The number of rotatable bonds is 4. The molecule has 0 aliphatic heterocycles. The predicted octanol–water partition coefficient (Wildman–Crippen LogP) is 3.93. The highest BCUT2D eigenvalue weighted by Crippen LogP contribution is 2.62. The third-order valence-electron chi connectivity index (χ3n) is 3.68. The third kappa shape index (κ3) is 2.75. The highest BCUT2D eigenvalue weighted by atomic mass is 35.5. The summed E-state index contributed by atoms with van der Waals surface area (Å²) in [6.45, 7) is 2.08. The van der Waals surface area contributed by atoms with Gasteiger partial charge in [-0.25, -0.2) is 0 Å². The minimum atomic E-state index is -3.37. The van der Waals surface area contributed by atoms with E-state index < -0.39 is 12.7 Å². The molecular weight excluding hydrogens is 283 g/mol. The second-order valence-corrected chi connectivity index (χ2v) is 8.05. The highest BCUT2D eigenvalue weighted by Gasteiger charge is 2.50. The molecule has 0 heterocycles. The molecule has 3 nitrogen and oxygen atoms in total. The standard InChI is InChI=1S/C14H20ClO3P/c1-2-18-19(17,13-9-5-4-8-12(13)15)14(16)10-6-3-7-11-14/h4-5,8-9,16H,2-3,6-7,10-11H2,1H3/t19-/m0/s1. The van der Waals surface area contributed by atoms with Gasteiger partial charge >= 0.3 is 0 Å². The van der Waals surface area contributed by atoms with Crippen molar-refractivity contribution in [3.8, 4) is 0 Å². The molecule has 19 heavy (non-hydrogen) atoms. The van der Waals surface area contributed by atoms with E-state index in [4.69, 9.17) is 16.1 Å². The van der Waals surface area contributed by atoms with Crippen LogP contribution >= 0.6 is 19.0 Å². The van der Waals surface area contributed by atoms with Gasteiger partial charge in [0, 0.05) is 0 Å². The first kappa shape index (κ1) is 15.1. The Balaban J connectivity index is 2.48. The Bertz CT molecular complexity index is 483. The molecule has 1 aromatic carbocycles. The first-order valence-corrected chi connectivity index (χ1v) is 8.76. The molecule has 1 aliphatic rings. The molecular formula is C14H20ClO3P. The van der Waals surface area contributed by atoms with Crippen molar-refractivity contribution in [2.45, 2.75) is 44.4 Å². The number of hydrogen-bond donors (Lipinski definition) is 1. The van der Waals surface area contributed by atoms with Crippen molar-refractivity contribution in [1.82, 2.24) is 0 Å². The zero-order valence-electron chi connectivity index (χ0n) is 11.1. The Morgan fingerprint density at radius 1 is 1.32 bits per heavy atom. The first-order chi connectivity index (χ1) is 9.03. The average Bonchev–Trinajstić information content (AvgIpc) is 2.40. The third-order valence-corrected chi connectivity index (χ3v) is 7.33. The second-order valence-electron chi connectivity index (χ2n) is 4.96. The molecule has 106 valence electrons. The van der Waals surface area contributed by atoms with Crippen molar-refractivity contribution in [2.24, 2.45) is 0 Å². The SMILES string of the molecule is CCO[P@@](=O)(c1ccccc1Cl)C1(O)CCCCC1. The molecule has 1 saturated carbocycles. The van der Waals surface area contributed by atoms with E-state index >= 15 is 0 Å². The van der Waals surface area contributed by atoms with Crippen LogP contribution in [0.2, 0.25) is 5.02 Å². The molecule has 0 saturated heterocycles. The zero-order valence-corrected chi connectivity index (χ0v) is 12.8. The van der Waals surface area contributed by atoms with Gasteiger partial charge in [-0.15, -0.1) is 0 Å². The normalized spacial score (nSPS) is 21.8. The van der Waals surface area contributed by atoms with Gasteiger partial charge in [0.05, 0.1) is 16.9 Å². The topological polar surface area (TPSA) is 46.5 Å². The van der Waals surface area contributed by atoms with Gasteiger partial charge in [-0.3, -0.25) is 4.57 Å². The molecule has 1 N–H and O–H groups in total. The molecule has 0 amide bonds. The maximum Gasteiger partial charge on any atom is 0.264 e. The van der Waals surface area contributed by atoms with Gasteiger partial charge in [0.2, 0.25) is 0 Å². The van der Waals surface area contributed by atoms with Gasteiger partial charge in [0.25, 0.3) is 7.37 Å². The van der Waals surface area contributed by atoms with Crippen molar-refractivity contribution in [2.75, 3.05) is 6.61 Å². The lowest BCUT2D eigenvalue weighted by atomic mass is 9.97. The number of hydrogen-bond acceptors (Lipinski definition) is 3. The summed E-state index contributed by atoms with van der Waals surface area (Å²) in [5, 5.41) is 10.4. The van der Waals surface area contributed by atoms with Crippen molar-refractivity contribution in [3.63, 3.8) is 0 Å². The van der Waals surface area contributed by atoms with E-state index in [1.165, 1.54) is 0 Å². The van der Waals surface area contributed by atoms with Crippen molar-refractivity contribution in [3.05, 3.63) is 29.3 Å². The quantitative estimate of drug-likeness (QED) is 0.857. The lowest BCUT2D eigenvalue weighted by molar-refractivity contribution is 0.0663. The molecule has 1 aromatic rings. The molecule has 0 bridgehead atoms. The fourth-order valence-corrected chi connectivity index (χ4v) is 5.90. The highest BCUT2D eigenvalue weighted by molar-refractivity contribution is 7.68. The summed E-state index contributed by atoms with van der Waals surface area (Å²) in [6.07, 6.45) is 3.83. The smallest absolute Gasteiger partial charge is 0.264 e. The summed E-state index contributed by atoms with van der Waals surface area (Å²) >= 11 is 6.16. The molecule has 0 spiro atoms. The van der Waals surface area contributed by atoms with Crippen LogP contribution < -0.4 is 5.30 Å². The molecule has 0 unspecified atom stereocenters. The van der Waals surface area contributed by atoms with E-state index in [1.54, 1.807) is 31.2 Å². The predicted molar refractivity (Wildman–Crippen MR) is 78.4 cm³/mol. The van der Waals surface area contributed by atoms with Gasteiger partial charge in [0.1, 0.15) is 5.34 Å². The summed E-state index contributed by atoms with van der Waals surface area (Å²) in [4.78, 5) is 0. The maximum absolute atomic E-state index is 13.4. The van der Waals surface area contributed by atoms with Crippen LogP contribution in [0.1, 0.15) is 39.0 Å². The van der Waals surface area contributed by atoms with E-state index in [9.17, 15) is 9.67 Å². The van der Waals surface area contributed by atoms with Gasteiger partial charge < -0.3 is 9.63 Å². The minimum Gasteiger partial charge on any atom is -0.379 e. The summed E-state index contributed by atoms with van der Waals surface area (Å²) in [5.74, 6) is 0. The lowest BCUT2D eigenvalue weighted by Crippen LogP contribution is -2.36. The Labute approximate surface area is 119 Å². The van der Waals surface area contributed by atoms with Crippen LogP contribution in [0.15, 0.2) is 24.3 Å². The van der Waals surface area contributed by atoms with Crippen LogP contribution in [0.3, 0.4) is 0 Å². The number of halogens is 1. The number of aliphatic hydroxyl groups is 1. The Hall–Kier alpha value is -0.340. The van der Waals surface area contributed by atoms with Crippen molar-refractivity contribution >= 4 is 24.3 Å². The fourth-order valence-electron chi connectivity index (χ4n) is 2.70. The molecule has 0 aromatic heterocycles. The summed E-state index contributed by atoms with van der Waals surface area (Å²) < 4.78 is 18.9. The van der Waals surface area contributed by atoms with Crippen LogP contribution in [0.25, 0.3) is 0 Å². The van der Waals surface area contributed by atoms with Crippen LogP contribution in [0.4, 0.5) is 0 Å². The molecule has 0 radical (unpaired) electrons. The van der Waals surface area contributed by atoms with Crippen molar-refractivity contribution < 1.29 is 14.2 Å². The molecule has 1 fully saturated rings. The summed E-state index contributed by atoms with van der Waals surface area (Å²) in [5.41, 5.74) is 0. The lowest BCUT2D eigenvalue weighted by Gasteiger charge is -2.38.